The fourth-order valence-corrected chi connectivity index (χ4v) is 2.12. The predicted octanol–water partition coefficient (Wildman–Crippen LogP) is -0.831. The lowest BCUT2D eigenvalue weighted by molar-refractivity contribution is 0.0890. The lowest BCUT2D eigenvalue weighted by atomic mass is 10.1. The summed E-state index contributed by atoms with van der Waals surface area (Å²) < 4.78 is 5.58. The van der Waals surface area contributed by atoms with Gasteiger partial charge in [-0.3, -0.25) is 10.2 Å². The molecule has 70 valence electrons. The highest BCUT2D eigenvalue weighted by Gasteiger charge is 2.38. The molecule has 2 rings (SSSR count). The van der Waals surface area contributed by atoms with Crippen molar-refractivity contribution < 1.29 is 4.74 Å². The third kappa shape index (κ3) is 1.35. The Morgan fingerprint density at radius 1 is 1.58 bits per heavy atom. The fraction of sp³-hybridized carbons (Fsp3) is 1.00. The molecule has 2 aliphatic rings. The van der Waals surface area contributed by atoms with Crippen LogP contribution >= 0.6 is 0 Å². The largest absolute Gasteiger partial charge is 0.377 e. The molecule has 3 N–H and O–H groups in total. The number of rotatable bonds is 2. The van der Waals surface area contributed by atoms with Gasteiger partial charge >= 0.3 is 0 Å². The first-order valence-electron chi connectivity index (χ1n) is 4.60. The van der Waals surface area contributed by atoms with Crippen LogP contribution in [0.3, 0.4) is 0 Å². The number of ether oxygens (including phenoxy) is 1. The lowest BCUT2D eigenvalue weighted by Gasteiger charge is -2.23. The summed E-state index contributed by atoms with van der Waals surface area (Å²) in [4.78, 5) is 2.24. The van der Waals surface area contributed by atoms with Gasteiger partial charge in [-0.05, 0) is 13.5 Å². The minimum atomic E-state index is -0.000741. The molecule has 0 radical (unpaired) electrons. The molecule has 0 bridgehead atoms. The summed E-state index contributed by atoms with van der Waals surface area (Å²) in [7, 11) is 1.89. The van der Waals surface area contributed by atoms with Gasteiger partial charge in [0, 0.05) is 25.6 Å². The highest BCUT2D eigenvalue weighted by atomic mass is 16.5. The molecule has 2 saturated heterocycles. The standard InChI is InChI=1S/C8H17N3O/c1-10-8(9)11-4-6-2-3-12-7(6)5-11/h6-8,10H,2-5,9H2,1H3. The first kappa shape index (κ1) is 8.44. The Kier molecular flexibility index (Phi) is 2.32. The number of nitrogens with two attached hydrogens (primary N) is 1. The SMILES string of the molecule is CNC(N)N1CC2CCOC2C1. The Hall–Kier alpha value is -0.160. The molecule has 0 aromatic rings. The summed E-state index contributed by atoms with van der Waals surface area (Å²) in [6.45, 7) is 3.03. The molecule has 0 amide bonds. The van der Waals surface area contributed by atoms with E-state index in [0.29, 0.717) is 6.10 Å². The van der Waals surface area contributed by atoms with Crippen molar-refractivity contribution in [1.82, 2.24) is 10.2 Å². The predicted molar refractivity (Wildman–Crippen MR) is 46.5 cm³/mol. The molecule has 4 heteroatoms. The molecule has 0 saturated carbocycles. The van der Waals surface area contributed by atoms with Crippen LogP contribution in [0.2, 0.25) is 0 Å². The average molecular weight is 171 g/mol. The number of hydrogen-bond donors (Lipinski definition) is 2. The highest BCUT2D eigenvalue weighted by molar-refractivity contribution is 4.89. The second kappa shape index (κ2) is 3.30. The van der Waals surface area contributed by atoms with Crippen molar-refractivity contribution in [3.63, 3.8) is 0 Å². The van der Waals surface area contributed by atoms with Crippen molar-refractivity contribution in [2.75, 3.05) is 26.7 Å². The van der Waals surface area contributed by atoms with Crippen molar-refractivity contribution in [3.05, 3.63) is 0 Å². The number of nitrogens with zero attached hydrogens (tertiary/aromatic N) is 1. The van der Waals surface area contributed by atoms with Crippen LogP contribution in [-0.2, 0) is 4.74 Å². The monoisotopic (exact) mass is 171 g/mol. The molecule has 3 atom stereocenters. The molecule has 4 nitrogen and oxygen atoms in total. The van der Waals surface area contributed by atoms with Crippen LogP contribution in [0, 0.1) is 5.92 Å². The van der Waals surface area contributed by atoms with E-state index in [1.807, 2.05) is 7.05 Å². The molecule has 2 fully saturated rings. The molecule has 0 spiro atoms. The lowest BCUT2D eigenvalue weighted by Crippen LogP contribution is -2.50. The van der Waals surface area contributed by atoms with Gasteiger partial charge in [0.15, 0.2) is 0 Å². The Labute approximate surface area is 73.0 Å². The first-order chi connectivity index (χ1) is 5.81. The van der Waals surface area contributed by atoms with Crippen LogP contribution in [-0.4, -0.2) is 44.0 Å². The van der Waals surface area contributed by atoms with Crippen molar-refractivity contribution in [3.8, 4) is 0 Å². The number of fused-ring (bicyclic) bond motifs is 1. The van der Waals surface area contributed by atoms with Crippen LogP contribution < -0.4 is 11.1 Å². The molecule has 0 aliphatic carbocycles. The molecular weight excluding hydrogens is 154 g/mol. The summed E-state index contributed by atoms with van der Waals surface area (Å²) in [5.41, 5.74) is 5.84. The first-order valence-corrected chi connectivity index (χ1v) is 4.60. The number of likely N-dealkylation sites (tertiary alicyclic amines) is 1. The smallest absolute Gasteiger partial charge is 0.111 e. The third-order valence-electron chi connectivity index (χ3n) is 2.92. The van der Waals surface area contributed by atoms with Gasteiger partial charge in [-0.25, -0.2) is 0 Å². The van der Waals surface area contributed by atoms with Gasteiger partial charge < -0.3 is 10.5 Å². The maximum atomic E-state index is 5.84. The van der Waals surface area contributed by atoms with Crippen molar-refractivity contribution in [1.29, 1.82) is 0 Å². The van der Waals surface area contributed by atoms with Crippen molar-refractivity contribution in [2.24, 2.45) is 11.7 Å². The van der Waals surface area contributed by atoms with E-state index in [9.17, 15) is 0 Å². The second-order valence-electron chi connectivity index (χ2n) is 3.65. The van der Waals surface area contributed by atoms with Gasteiger partial charge in [0.05, 0.1) is 6.10 Å². The average Bonchev–Trinajstić information content (AvgIpc) is 2.60. The van der Waals surface area contributed by atoms with E-state index in [0.717, 1.165) is 25.6 Å². The van der Waals surface area contributed by atoms with E-state index in [1.54, 1.807) is 0 Å². The molecule has 2 heterocycles. The van der Waals surface area contributed by atoms with E-state index >= 15 is 0 Å². The fourth-order valence-electron chi connectivity index (χ4n) is 2.12. The quantitative estimate of drug-likeness (QED) is 0.532. The zero-order valence-corrected chi connectivity index (χ0v) is 7.49. The maximum Gasteiger partial charge on any atom is 0.111 e. The highest BCUT2D eigenvalue weighted by Crippen LogP contribution is 2.28. The molecule has 2 aliphatic heterocycles. The van der Waals surface area contributed by atoms with E-state index in [1.165, 1.54) is 6.42 Å². The Morgan fingerprint density at radius 2 is 2.42 bits per heavy atom. The zero-order valence-electron chi connectivity index (χ0n) is 7.49. The molecule has 12 heavy (non-hydrogen) atoms. The van der Waals surface area contributed by atoms with Crippen molar-refractivity contribution >= 4 is 0 Å². The van der Waals surface area contributed by atoms with Crippen LogP contribution in [0.5, 0.6) is 0 Å². The molecular formula is C8H17N3O. The Balaban J connectivity index is 1.90. The van der Waals surface area contributed by atoms with Crippen LogP contribution in [0.1, 0.15) is 6.42 Å². The van der Waals surface area contributed by atoms with Gasteiger partial charge in [0.25, 0.3) is 0 Å². The topological polar surface area (TPSA) is 50.5 Å². The summed E-state index contributed by atoms with van der Waals surface area (Å²) >= 11 is 0. The minimum Gasteiger partial charge on any atom is -0.377 e. The van der Waals surface area contributed by atoms with Gasteiger partial charge in [-0.1, -0.05) is 0 Å². The van der Waals surface area contributed by atoms with Gasteiger partial charge in [-0.2, -0.15) is 0 Å². The molecule has 0 aromatic carbocycles. The summed E-state index contributed by atoms with van der Waals surface area (Å²) in [6, 6.07) is 0. The maximum absolute atomic E-state index is 5.84. The van der Waals surface area contributed by atoms with Crippen LogP contribution in [0.25, 0.3) is 0 Å². The molecule has 3 unspecified atom stereocenters. The number of hydrogen-bond acceptors (Lipinski definition) is 4. The van der Waals surface area contributed by atoms with E-state index in [-0.39, 0.29) is 6.29 Å². The summed E-state index contributed by atoms with van der Waals surface area (Å²) in [5, 5.41) is 3.04. The van der Waals surface area contributed by atoms with Gasteiger partial charge in [-0.15, -0.1) is 0 Å². The third-order valence-corrected chi connectivity index (χ3v) is 2.92. The normalized spacial score (nSPS) is 38.5. The Bertz CT molecular complexity index is 152. The molecule has 0 aromatic heterocycles. The number of nitrogens with one attached hydrogen (secondary N) is 1. The minimum absolute atomic E-state index is 0.000741. The Morgan fingerprint density at radius 3 is 3.08 bits per heavy atom. The van der Waals surface area contributed by atoms with Crippen LogP contribution in [0.4, 0.5) is 0 Å². The van der Waals surface area contributed by atoms with Crippen LogP contribution in [0.15, 0.2) is 0 Å². The van der Waals surface area contributed by atoms with E-state index in [2.05, 4.69) is 10.2 Å². The van der Waals surface area contributed by atoms with E-state index < -0.39 is 0 Å². The second-order valence-corrected chi connectivity index (χ2v) is 3.65. The van der Waals surface area contributed by atoms with Gasteiger partial charge in [0.2, 0.25) is 0 Å². The van der Waals surface area contributed by atoms with Crippen molar-refractivity contribution in [2.45, 2.75) is 18.8 Å². The zero-order chi connectivity index (χ0) is 8.55. The van der Waals surface area contributed by atoms with Gasteiger partial charge in [0.1, 0.15) is 6.29 Å². The summed E-state index contributed by atoms with van der Waals surface area (Å²) in [6.07, 6.45) is 1.65. The summed E-state index contributed by atoms with van der Waals surface area (Å²) in [5.74, 6) is 0.726. The van der Waals surface area contributed by atoms with E-state index in [4.69, 9.17) is 10.5 Å².